The molecule has 1 N–H and O–H groups in total. The molecule has 0 amide bonds. The summed E-state index contributed by atoms with van der Waals surface area (Å²) in [6, 6.07) is 7.98. The molecule has 0 unspecified atom stereocenters. The van der Waals surface area contributed by atoms with Crippen molar-refractivity contribution >= 4 is 27.3 Å². The lowest BCUT2D eigenvalue weighted by Crippen LogP contribution is -2.17. The third-order valence-electron chi connectivity index (χ3n) is 3.32. The van der Waals surface area contributed by atoms with Crippen LogP contribution in [0.5, 0.6) is 5.75 Å². The van der Waals surface area contributed by atoms with Gasteiger partial charge in [0, 0.05) is 6.42 Å². The van der Waals surface area contributed by atoms with Crippen molar-refractivity contribution in [1.82, 2.24) is 9.55 Å². The molecule has 1 aromatic carbocycles. The van der Waals surface area contributed by atoms with Gasteiger partial charge in [0.2, 0.25) is 0 Å². The number of ketones is 1. The van der Waals surface area contributed by atoms with E-state index < -0.39 is 0 Å². The molecular formula is C16H14N2O3S. The zero-order valence-electron chi connectivity index (χ0n) is 11.9. The van der Waals surface area contributed by atoms with Gasteiger partial charge >= 0.3 is 0 Å². The van der Waals surface area contributed by atoms with Crippen molar-refractivity contribution in [3.05, 3.63) is 51.9 Å². The number of fused-ring (bicyclic) bond motifs is 1. The highest BCUT2D eigenvalue weighted by Crippen LogP contribution is 2.23. The largest absolute Gasteiger partial charge is 0.508 e. The molecule has 0 spiro atoms. The van der Waals surface area contributed by atoms with E-state index in [0.717, 1.165) is 6.42 Å². The number of rotatable bonds is 4. The lowest BCUT2D eigenvalue weighted by molar-refractivity contribution is 0.0985. The Kier molecular flexibility index (Phi) is 3.77. The van der Waals surface area contributed by atoms with Crippen LogP contribution in [0.3, 0.4) is 0 Å². The minimum absolute atomic E-state index is 0.0427. The Balaban J connectivity index is 2.11. The fraction of sp³-hybridized carbons (Fsp3) is 0.188. The Bertz CT molecular complexity index is 894. The molecule has 0 radical (unpaired) electrons. The predicted molar refractivity (Wildman–Crippen MR) is 86.1 cm³/mol. The molecule has 5 nitrogen and oxygen atoms in total. The summed E-state index contributed by atoms with van der Waals surface area (Å²) in [5.74, 6) is 0.176. The summed E-state index contributed by atoms with van der Waals surface area (Å²) in [4.78, 5) is 29.4. The molecule has 0 saturated heterocycles. The maximum Gasteiger partial charge on any atom is 0.275 e. The van der Waals surface area contributed by atoms with Gasteiger partial charge in [0.05, 0.1) is 16.1 Å². The highest BCUT2D eigenvalue weighted by atomic mass is 32.1. The number of carbonyl (C=O) groups excluding carboxylic acids is 1. The van der Waals surface area contributed by atoms with Crippen LogP contribution in [0.15, 0.2) is 41.5 Å². The van der Waals surface area contributed by atoms with Gasteiger partial charge in [-0.2, -0.15) is 0 Å². The van der Waals surface area contributed by atoms with Crippen LogP contribution in [0.25, 0.3) is 15.9 Å². The number of aromatic nitrogens is 2. The number of phenols is 1. The first-order valence-corrected chi connectivity index (χ1v) is 7.75. The highest BCUT2D eigenvalue weighted by Gasteiger charge is 2.14. The van der Waals surface area contributed by atoms with Gasteiger partial charge in [-0.15, -0.1) is 11.3 Å². The summed E-state index contributed by atoms with van der Waals surface area (Å²) < 4.78 is 1.88. The second kappa shape index (κ2) is 5.73. The molecule has 0 aliphatic carbocycles. The number of phenolic OH excluding ortho intramolecular Hbond substituents is 1. The smallest absolute Gasteiger partial charge is 0.275 e. The summed E-state index contributed by atoms with van der Waals surface area (Å²) in [7, 11) is 0. The SMILES string of the molecule is CCCC(=O)c1cc2ncn(-c3ccc(O)cc3)c(=O)c2s1. The van der Waals surface area contributed by atoms with Gasteiger partial charge in [-0.05, 0) is 36.8 Å². The Morgan fingerprint density at radius 2 is 2.05 bits per heavy atom. The summed E-state index contributed by atoms with van der Waals surface area (Å²) in [5.41, 5.74) is 0.952. The number of hydrogen-bond acceptors (Lipinski definition) is 5. The van der Waals surface area contributed by atoms with Crippen molar-refractivity contribution in [2.45, 2.75) is 19.8 Å². The fourth-order valence-corrected chi connectivity index (χ4v) is 3.21. The highest BCUT2D eigenvalue weighted by molar-refractivity contribution is 7.20. The average Bonchev–Trinajstić information content (AvgIpc) is 2.94. The van der Waals surface area contributed by atoms with Crippen LogP contribution in [-0.2, 0) is 0 Å². The third kappa shape index (κ3) is 2.53. The summed E-state index contributed by atoms with van der Waals surface area (Å²) in [6.45, 7) is 1.95. The topological polar surface area (TPSA) is 72.2 Å². The lowest BCUT2D eigenvalue weighted by Gasteiger charge is -2.04. The summed E-state index contributed by atoms with van der Waals surface area (Å²) in [6.07, 6.45) is 2.69. The normalized spacial score (nSPS) is 11.0. The predicted octanol–water partition coefficient (Wildman–Crippen LogP) is 3.14. The van der Waals surface area contributed by atoms with Gasteiger partial charge in [0.25, 0.3) is 5.56 Å². The standard InChI is InChI=1S/C16H14N2O3S/c1-2-3-13(20)14-8-12-15(22-14)16(21)18(9-17-12)10-4-6-11(19)7-5-10/h4-9,19H,2-3H2,1H3. The first-order valence-electron chi connectivity index (χ1n) is 6.94. The summed E-state index contributed by atoms with van der Waals surface area (Å²) >= 11 is 1.19. The van der Waals surface area contributed by atoms with Crippen molar-refractivity contribution in [2.24, 2.45) is 0 Å². The van der Waals surface area contributed by atoms with Crippen LogP contribution in [-0.4, -0.2) is 20.4 Å². The molecule has 0 aliphatic heterocycles. The fourth-order valence-electron chi connectivity index (χ4n) is 2.20. The average molecular weight is 314 g/mol. The van der Waals surface area contributed by atoms with Crippen LogP contribution in [0.2, 0.25) is 0 Å². The van der Waals surface area contributed by atoms with E-state index in [-0.39, 0.29) is 17.1 Å². The van der Waals surface area contributed by atoms with E-state index in [2.05, 4.69) is 4.98 Å². The Morgan fingerprint density at radius 3 is 2.73 bits per heavy atom. The summed E-state index contributed by atoms with van der Waals surface area (Å²) in [5, 5.41) is 9.32. The molecule has 0 bridgehead atoms. The maximum atomic E-state index is 12.6. The second-order valence-electron chi connectivity index (χ2n) is 4.93. The molecule has 0 fully saturated rings. The number of nitrogens with zero attached hydrogens (tertiary/aromatic N) is 2. The molecule has 22 heavy (non-hydrogen) atoms. The van der Waals surface area contributed by atoms with Crippen molar-refractivity contribution in [2.75, 3.05) is 0 Å². The van der Waals surface area contributed by atoms with Gasteiger partial charge < -0.3 is 5.11 Å². The molecule has 112 valence electrons. The van der Waals surface area contributed by atoms with E-state index in [0.29, 0.717) is 27.2 Å². The van der Waals surface area contributed by atoms with E-state index in [4.69, 9.17) is 0 Å². The number of Topliss-reactive ketones (excluding diaryl/α,β-unsaturated/α-hetero) is 1. The zero-order valence-corrected chi connectivity index (χ0v) is 12.8. The molecule has 0 aliphatic rings. The number of hydrogen-bond donors (Lipinski definition) is 1. The third-order valence-corrected chi connectivity index (χ3v) is 4.47. The van der Waals surface area contributed by atoms with Gasteiger partial charge in [0.1, 0.15) is 16.8 Å². The molecule has 2 aromatic heterocycles. The molecule has 2 heterocycles. The van der Waals surface area contributed by atoms with Gasteiger partial charge in [0.15, 0.2) is 5.78 Å². The number of thiophene rings is 1. The number of carbonyl (C=O) groups is 1. The number of benzene rings is 1. The van der Waals surface area contributed by atoms with Crippen molar-refractivity contribution < 1.29 is 9.90 Å². The Labute approximate surface area is 130 Å². The van der Waals surface area contributed by atoms with Crippen molar-refractivity contribution in [3.63, 3.8) is 0 Å². The zero-order chi connectivity index (χ0) is 15.7. The van der Waals surface area contributed by atoms with E-state index in [1.807, 2.05) is 6.92 Å². The van der Waals surface area contributed by atoms with E-state index in [1.54, 1.807) is 18.2 Å². The van der Waals surface area contributed by atoms with Gasteiger partial charge in [-0.3, -0.25) is 14.2 Å². The first-order chi connectivity index (χ1) is 10.6. The molecular weight excluding hydrogens is 300 g/mol. The molecule has 0 saturated carbocycles. The minimum atomic E-state index is -0.212. The number of aromatic hydroxyl groups is 1. The van der Waals surface area contributed by atoms with Crippen molar-refractivity contribution in [1.29, 1.82) is 0 Å². The van der Waals surface area contributed by atoms with Crippen LogP contribution < -0.4 is 5.56 Å². The Hall–Kier alpha value is -2.47. The first kappa shape index (κ1) is 14.5. The van der Waals surface area contributed by atoms with E-state index in [1.165, 1.54) is 34.4 Å². The van der Waals surface area contributed by atoms with Gasteiger partial charge in [-0.25, -0.2) is 4.98 Å². The Morgan fingerprint density at radius 1 is 1.32 bits per heavy atom. The maximum absolute atomic E-state index is 12.6. The quantitative estimate of drug-likeness (QED) is 0.751. The van der Waals surface area contributed by atoms with Crippen molar-refractivity contribution in [3.8, 4) is 11.4 Å². The van der Waals surface area contributed by atoms with Crippen LogP contribution in [0.4, 0.5) is 0 Å². The van der Waals surface area contributed by atoms with Crippen LogP contribution in [0, 0.1) is 0 Å². The van der Waals surface area contributed by atoms with Crippen LogP contribution in [0.1, 0.15) is 29.4 Å². The molecule has 0 atom stereocenters. The van der Waals surface area contributed by atoms with Crippen LogP contribution >= 0.6 is 11.3 Å². The monoisotopic (exact) mass is 314 g/mol. The molecule has 3 rings (SSSR count). The molecule has 3 aromatic rings. The second-order valence-corrected chi connectivity index (χ2v) is 5.99. The van der Waals surface area contributed by atoms with E-state index >= 15 is 0 Å². The van der Waals surface area contributed by atoms with Gasteiger partial charge in [-0.1, -0.05) is 6.92 Å². The minimum Gasteiger partial charge on any atom is -0.508 e. The van der Waals surface area contributed by atoms with E-state index in [9.17, 15) is 14.7 Å². The lowest BCUT2D eigenvalue weighted by atomic mass is 10.2. The molecule has 6 heteroatoms.